The van der Waals surface area contributed by atoms with E-state index >= 15 is 0 Å². The number of sulfone groups is 1. The van der Waals surface area contributed by atoms with Gasteiger partial charge in [0.15, 0.2) is 9.84 Å². The van der Waals surface area contributed by atoms with E-state index in [1.807, 2.05) is 48.5 Å². The van der Waals surface area contributed by atoms with Gasteiger partial charge in [-0.05, 0) is 41.8 Å². The summed E-state index contributed by atoms with van der Waals surface area (Å²) in [5.41, 5.74) is 6.51. The molecule has 0 radical (unpaired) electrons. The molecule has 0 fully saturated rings. The summed E-state index contributed by atoms with van der Waals surface area (Å²) in [6.45, 7) is 2.33. The van der Waals surface area contributed by atoms with Gasteiger partial charge in [-0.15, -0.1) is 0 Å². The highest BCUT2D eigenvalue weighted by Crippen LogP contribution is 2.37. The maximum Gasteiger partial charge on any atom is 0.198 e. The third kappa shape index (κ3) is 3.00. The summed E-state index contributed by atoms with van der Waals surface area (Å²) in [6.07, 6.45) is 3.83. The molecule has 3 heterocycles. The molecule has 6 heteroatoms. The predicted octanol–water partition coefficient (Wildman–Crippen LogP) is 4.19. The van der Waals surface area contributed by atoms with Crippen LogP contribution in [-0.2, 0) is 22.8 Å². The average molecular weight is 401 g/mol. The van der Waals surface area contributed by atoms with Gasteiger partial charge in [-0.25, -0.2) is 13.4 Å². The van der Waals surface area contributed by atoms with Crippen LogP contribution in [-0.4, -0.2) is 24.2 Å². The van der Waals surface area contributed by atoms with Crippen LogP contribution in [0.3, 0.4) is 0 Å². The van der Waals surface area contributed by atoms with E-state index in [-0.39, 0.29) is 5.04 Å². The van der Waals surface area contributed by atoms with Gasteiger partial charge in [0, 0.05) is 29.9 Å². The van der Waals surface area contributed by atoms with E-state index < -0.39 is 15.1 Å². The number of hydrogen-bond acceptors (Lipinski definition) is 5. The average Bonchev–Trinajstić information content (AvgIpc) is 3.36. The van der Waals surface area contributed by atoms with Crippen LogP contribution in [0.25, 0.3) is 0 Å². The Morgan fingerprint density at radius 1 is 0.966 bits per heavy atom. The smallest absolute Gasteiger partial charge is 0.198 e. The number of aromatic nitrogens is 1. The molecule has 29 heavy (non-hydrogen) atoms. The van der Waals surface area contributed by atoms with Crippen molar-refractivity contribution in [2.45, 2.75) is 25.1 Å². The number of aliphatic imine (C=N–C) groups is 2. The van der Waals surface area contributed by atoms with Gasteiger partial charge in [0.05, 0.1) is 23.2 Å². The van der Waals surface area contributed by atoms with Crippen LogP contribution >= 0.6 is 0 Å². The maximum atomic E-state index is 13.2. The molecule has 2 aromatic carbocycles. The molecule has 0 saturated carbocycles. The van der Waals surface area contributed by atoms with Gasteiger partial charge in [-0.3, -0.25) is 9.98 Å². The van der Waals surface area contributed by atoms with Crippen molar-refractivity contribution in [1.29, 1.82) is 0 Å². The molecule has 2 aliphatic heterocycles. The van der Waals surface area contributed by atoms with Crippen LogP contribution in [0.4, 0.5) is 5.69 Å². The Kier molecular flexibility index (Phi) is 4.17. The second-order valence-electron chi connectivity index (χ2n) is 7.32. The van der Waals surface area contributed by atoms with E-state index in [0.717, 1.165) is 39.2 Å². The Bertz CT molecular complexity index is 1260. The molecule has 1 atom stereocenters. The molecule has 0 saturated heterocycles. The molecule has 5 rings (SSSR count). The summed E-state index contributed by atoms with van der Waals surface area (Å²) in [6, 6.07) is 17.2. The van der Waals surface area contributed by atoms with Gasteiger partial charge in [-0.1, -0.05) is 36.4 Å². The van der Waals surface area contributed by atoms with Crippen LogP contribution in [0.1, 0.15) is 40.0 Å². The highest BCUT2D eigenvalue weighted by molar-refractivity contribution is 8.06. The lowest BCUT2D eigenvalue weighted by Gasteiger charge is -2.12. The summed E-state index contributed by atoms with van der Waals surface area (Å²) >= 11 is 0. The SMILES string of the molecule is CC(c1ccccc1)S(=O)(=O)C1=Nc2cc3c(cc2C1)CN=C3c1ccncc1. The molecule has 0 aliphatic carbocycles. The maximum absolute atomic E-state index is 13.2. The normalized spacial score (nSPS) is 16.0. The van der Waals surface area contributed by atoms with E-state index in [9.17, 15) is 8.42 Å². The second-order valence-corrected chi connectivity index (χ2v) is 9.59. The first-order chi connectivity index (χ1) is 14.0. The zero-order chi connectivity index (χ0) is 20.0. The molecular formula is C23H19N3O2S. The molecule has 1 unspecified atom stereocenters. The Morgan fingerprint density at radius 3 is 2.48 bits per heavy atom. The summed E-state index contributed by atoms with van der Waals surface area (Å²) in [4.78, 5) is 13.3. The van der Waals surface area contributed by atoms with E-state index in [2.05, 4.69) is 21.0 Å². The number of pyridine rings is 1. The van der Waals surface area contributed by atoms with Crippen molar-refractivity contribution in [2.75, 3.05) is 0 Å². The predicted molar refractivity (Wildman–Crippen MR) is 115 cm³/mol. The molecule has 0 bridgehead atoms. The minimum Gasteiger partial charge on any atom is -0.279 e. The van der Waals surface area contributed by atoms with Crippen molar-refractivity contribution in [1.82, 2.24) is 4.98 Å². The fourth-order valence-electron chi connectivity index (χ4n) is 3.90. The molecular weight excluding hydrogens is 382 g/mol. The second kappa shape index (κ2) is 6.74. The molecule has 0 N–H and O–H groups in total. The van der Waals surface area contributed by atoms with Crippen LogP contribution in [0, 0.1) is 0 Å². The Labute approximate surface area is 169 Å². The van der Waals surface area contributed by atoms with E-state index in [0.29, 0.717) is 13.0 Å². The fraction of sp³-hybridized carbons (Fsp3) is 0.174. The monoisotopic (exact) mass is 401 g/mol. The van der Waals surface area contributed by atoms with Gasteiger partial charge in [0.25, 0.3) is 0 Å². The third-order valence-corrected chi connectivity index (χ3v) is 7.67. The zero-order valence-corrected chi connectivity index (χ0v) is 16.7. The van der Waals surface area contributed by atoms with Gasteiger partial charge in [0.2, 0.25) is 0 Å². The molecule has 2 aliphatic rings. The lowest BCUT2D eigenvalue weighted by molar-refractivity contribution is 0.597. The van der Waals surface area contributed by atoms with Crippen LogP contribution in [0.2, 0.25) is 0 Å². The minimum absolute atomic E-state index is 0.245. The molecule has 3 aromatic rings. The van der Waals surface area contributed by atoms with E-state index in [4.69, 9.17) is 0 Å². The summed E-state index contributed by atoms with van der Waals surface area (Å²) in [5, 5.41) is -0.382. The number of nitrogens with zero attached hydrogens (tertiary/aromatic N) is 3. The molecule has 0 amide bonds. The van der Waals surface area contributed by atoms with Gasteiger partial charge >= 0.3 is 0 Å². The van der Waals surface area contributed by atoms with E-state index in [1.165, 1.54) is 0 Å². The van der Waals surface area contributed by atoms with Gasteiger partial charge < -0.3 is 0 Å². The highest BCUT2D eigenvalue weighted by Gasteiger charge is 2.33. The topological polar surface area (TPSA) is 71.8 Å². The first kappa shape index (κ1) is 17.9. The van der Waals surface area contributed by atoms with Crippen LogP contribution in [0.15, 0.2) is 77.0 Å². The molecule has 1 aromatic heterocycles. The number of fused-ring (bicyclic) bond motifs is 2. The van der Waals surface area contributed by atoms with E-state index in [1.54, 1.807) is 19.3 Å². The number of rotatable bonds is 3. The lowest BCUT2D eigenvalue weighted by atomic mass is 9.97. The highest BCUT2D eigenvalue weighted by atomic mass is 32.2. The first-order valence-corrected chi connectivity index (χ1v) is 11.1. The fourth-order valence-corrected chi connectivity index (χ4v) is 5.40. The van der Waals surface area contributed by atoms with Crippen molar-refractivity contribution in [3.8, 4) is 0 Å². The Morgan fingerprint density at radius 2 is 1.72 bits per heavy atom. The summed E-state index contributed by atoms with van der Waals surface area (Å²) < 4.78 is 26.4. The van der Waals surface area contributed by atoms with Gasteiger partial charge in [-0.2, -0.15) is 0 Å². The number of benzene rings is 2. The van der Waals surface area contributed by atoms with Gasteiger partial charge in [0.1, 0.15) is 5.04 Å². The van der Waals surface area contributed by atoms with Crippen LogP contribution < -0.4 is 0 Å². The lowest BCUT2D eigenvalue weighted by Crippen LogP contribution is -2.20. The molecule has 144 valence electrons. The number of hydrogen-bond donors (Lipinski definition) is 0. The van der Waals surface area contributed by atoms with Crippen molar-refractivity contribution < 1.29 is 8.42 Å². The molecule has 0 spiro atoms. The summed E-state index contributed by atoms with van der Waals surface area (Å²) in [7, 11) is -3.53. The Hall–Kier alpha value is -3.12. The zero-order valence-electron chi connectivity index (χ0n) is 15.9. The molecule has 5 nitrogen and oxygen atoms in total. The standard InChI is InChI=1S/C23H19N3O2S/c1-15(16-5-3-2-4-6-16)29(27,28)22-12-18-11-19-14-25-23(17-7-9-24-10-8-17)20(19)13-21(18)26-22/h2-11,13,15H,12,14H2,1H3. The van der Waals surface area contributed by atoms with Crippen molar-refractivity contribution >= 4 is 26.3 Å². The largest absolute Gasteiger partial charge is 0.279 e. The van der Waals surface area contributed by atoms with Crippen molar-refractivity contribution in [2.24, 2.45) is 9.98 Å². The van der Waals surface area contributed by atoms with Crippen molar-refractivity contribution in [3.05, 3.63) is 94.8 Å². The first-order valence-electron chi connectivity index (χ1n) is 9.51. The quantitative estimate of drug-likeness (QED) is 0.660. The summed E-state index contributed by atoms with van der Waals surface area (Å²) in [5.74, 6) is 0. The van der Waals surface area contributed by atoms with Crippen LogP contribution in [0.5, 0.6) is 0 Å². The minimum atomic E-state index is -3.53. The Balaban J connectivity index is 1.50. The third-order valence-electron chi connectivity index (χ3n) is 5.57. The van der Waals surface area contributed by atoms with Crippen molar-refractivity contribution in [3.63, 3.8) is 0 Å².